The van der Waals surface area contributed by atoms with E-state index in [1.54, 1.807) is 6.07 Å². The van der Waals surface area contributed by atoms with Crippen LogP contribution in [0.25, 0.3) is 11.0 Å². The monoisotopic (exact) mass is 341 g/mol. The molecule has 0 N–H and O–H groups in total. The van der Waals surface area contributed by atoms with Gasteiger partial charge in [-0.1, -0.05) is 27.9 Å². The number of fused-ring (bicyclic) bond motifs is 1. The highest BCUT2D eigenvalue weighted by atomic mass is 35.5. The van der Waals surface area contributed by atoms with Gasteiger partial charge in [-0.25, -0.2) is 12.8 Å². The minimum absolute atomic E-state index is 0.000690. The zero-order valence-corrected chi connectivity index (χ0v) is 12.8. The number of halogens is 2. The number of benzene rings is 2. The first-order valence-electron chi connectivity index (χ1n) is 6.04. The van der Waals surface area contributed by atoms with Crippen molar-refractivity contribution >= 4 is 32.7 Å². The smallest absolute Gasteiger partial charge is 0.267 e. The maximum atomic E-state index is 13.6. The molecule has 0 saturated carbocycles. The van der Waals surface area contributed by atoms with Crippen molar-refractivity contribution < 1.29 is 17.5 Å². The van der Waals surface area contributed by atoms with Crippen molar-refractivity contribution in [1.29, 1.82) is 0 Å². The summed E-state index contributed by atoms with van der Waals surface area (Å²) in [5.41, 5.74) is 0.553. The highest BCUT2D eigenvalue weighted by molar-refractivity contribution is 7.88. The Bertz CT molecular complexity index is 972. The molecule has 0 spiro atoms. The van der Waals surface area contributed by atoms with E-state index in [4.69, 9.17) is 16.3 Å². The van der Waals surface area contributed by atoms with Crippen LogP contribution < -0.4 is 4.74 Å². The van der Waals surface area contributed by atoms with Gasteiger partial charge in [-0.05, 0) is 18.2 Å². The fourth-order valence-corrected chi connectivity index (χ4v) is 2.44. The third-order valence-corrected chi connectivity index (χ3v) is 3.82. The lowest BCUT2D eigenvalue weighted by Gasteiger charge is -2.07. The first-order valence-corrected chi connectivity index (χ1v) is 8.27. The van der Waals surface area contributed by atoms with Crippen molar-refractivity contribution in [1.82, 2.24) is 14.4 Å². The van der Waals surface area contributed by atoms with Gasteiger partial charge in [0.1, 0.15) is 16.8 Å². The maximum Gasteiger partial charge on any atom is 0.267 e. The highest BCUT2D eigenvalue weighted by Gasteiger charge is 2.15. The predicted octanol–water partition coefficient (Wildman–Crippen LogP) is 2.82. The molecule has 3 rings (SSSR count). The van der Waals surface area contributed by atoms with E-state index < -0.39 is 15.8 Å². The normalized spacial score (nSPS) is 11.8. The van der Waals surface area contributed by atoms with Gasteiger partial charge in [0.05, 0.1) is 11.3 Å². The van der Waals surface area contributed by atoms with Crippen LogP contribution in [0, 0.1) is 5.82 Å². The zero-order valence-electron chi connectivity index (χ0n) is 11.2. The van der Waals surface area contributed by atoms with E-state index in [9.17, 15) is 12.8 Å². The molecule has 0 unspecified atom stereocenters. The van der Waals surface area contributed by atoms with Crippen LogP contribution in [0.5, 0.6) is 11.5 Å². The molecule has 0 fully saturated rings. The van der Waals surface area contributed by atoms with E-state index in [0.717, 1.165) is 6.26 Å². The number of hydrogen-bond donors (Lipinski definition) is 0. The molecular formula is C13H9ClFN3O3S. The molecule has 0 atom stereocenters. The second-order valence-corrected chi connectivity index (χ2v) is 6.69. The summed E-state index contributed by atoms with van der Waals surface area (Å²) in [6.07, 6.45) is 0.976. The number of ether oxygens (including phenoxy) is 1. The number of rotatable bonds is 3. The van der Waals surface area contributed by atoms with Gasteiger partial charge in [0.2, 0.25) is 0 Å². The van der Waals surface area contributed by atoms with Crippen molar-refractivity contribution in [2.45, 2.75) is 0 Å². The third kappa shape index (κ3) is 2.75. The summed E-state index contributed by atoms with van der Waals surface area (Å²) in [7, 11) is -3.61. The standard InChI is InChI=1S/C13H9ClFN3O3S/c1-22(19,20)18-16-10-6-8(14)13(7-11(10)17-18)21-12-5-3-2-4-9(12)15/h2-7H,1H3. The molecule has 0 radical (unpaired) electrons. The van der Waals surface area contributed by atoms with E-state index in [0.29, 0.717) is 4.20 Å². The molecular weight excluding hydrogens is 333 g/mol. The Morgan fingerprint density at radius 3 is 2.41 bits per heavy atom. The Morgan fingerprint density at radius 2 is 1.77 bits per heavy atom. The third-order valence-electron chi connectivity index (χ3n) is 2.77. The number of para-hydroxylation sites is 1. The lowest BCUT2D eigenvalue weighted by molar-refractivity contribution is 0.443. The lowest BCUT2D eigenvalue weighted by Crippen LogP contribution is -2.13. The van der Waals surface area contributed by atoms with Gasteiger partial charge >= 0.3 is 0 Å². The summed E-state index contributed by atoms with van der Waals surface area (Å²) in [6, 6.07) is 8.65. The van der Waals surface area contributed by atoms with Gasteiger partial charge in [-0.15, -0.1) is 10.2 Å². The second kappa shape index (κ2) is 5.22. The first-order chi connectivity index (χ1) is 10.3. The number of aromatic nitrogens is 3. The Labute approximate surface area is 130 Å². The molecule has 22 heavy (non-hydrogen) atoms. The van der Waals surface area contributed by atoms with E-state index >= 15 is 0 Å². The van der Waals surface area contributed by atoms with Crippen LogP contribution in [0.4, 0.5) is 4.39 Å². The molecule has 0 aliphatic rings. The quantitative estimate of drug-likeness (QED) is 0.732. The fourth-order valence-electron chi connectivity index (χ4n) is 1.77. The van der Waals surface area contributed by atoms with Gasteiger partial charge < -0.3 is 4.74 Å². The SMILES string of the molecule is CS(=O)(=O)n1nc2cc(Cl)c(Oc3ccccc3F)cc2n1. The minimum atomic E-state index is -3.61. The van der Waals surface area contributed by atoms with Crippen LogP contribution in [0.1, 0.15) is 0 Å². The highest BCUT2D eigenvalue weighted by Crippen LogP contribution is 2.33. The van der Waals surface area contributed by atoms with Crippen LogP contribution in [-0.4, -0.2) is 29.1 Å². The Morgan fingerprint density at radius 1 is 1.14 bits per heavy atom. The second-order valence-electron chi connectivity index (χ2n) is 4.49. The molecule has 1 aromatic heterocycles. The minimum Gasteiger partial charge on any atom is -0.453 e. The van der Waals surface area contributed by atoms with Gasteiger partial charge in [-0.3, -0.25) is 0 Å². The number of nitrogens with zero attached hydrogens (tertiary/aromatic N) is 3. The lowest BCUT2D eigenvalue weighted by atomic mass is 10.3. The first kappa shape index (κ1) is 14.7. The summed E-state index contributed by atoms with van der Waals surface area (Å²) < 4.78 is 42.5. The molecule has 114 valence electrons. The van der Waals surface area contributed by atoms with Gasteiger partial charge in [0, 0.05) is 6.07 Å². The summed E-state index contributed by atoms with van der Waals surface area (Å²) in [6.45, 7) is 0. The van der Waals surface area contributed by atoms with Crippen molar-refractivity contribution in [2.24, 2.45) is 0 Å². The largest absolute Gasteiger partial charge is 0.453 e. The van der Waals surface area contributed by atoms with E-state index in [2.05, 4.69) is 10.2 Å². The molecule has 0 saturated heterocycles. The zero-order chi connectivity index (χ0) is 15.9. The average molecular weight is 342 g/mol. The molecule has 2 aromatic carbocycles. The van der Waals surface area contributed by atoms with Gasteiger partial charge in [0.25, 0.3) is 10.0 Å². The predicted molar refractivity (Wildman–Crippen MR) is 79.3 cm³/mol. The van der Waals surface area contributed by atoms with Crippen LogP contribution >= 0.6 is 11.6 Å². The summed E-state index contributed by atoms with van der Waals surface area (Å²) in [5.74, 6) is -0.391. The van der Waals surface area contributed by atoms with E-state index in [1.807, 2.05) is 0 Å². The molecule has 0 bridgehead atoms. The summed E-state index contributed by atoms with van der Waals surface area (Å²) >= 11 is 6.06. The molecule has 9 heteroatoms. The maximum absolute atomic E-state index is 13.6. The molecule has 0 aliphatic carbocycles. The van der Waals surface area contributed by atoms with Crippen LogP contribution in [0.3, 0.4) is 0 Å². The van der Waals surface area contributed by atoms with E-state index in [1.165, 1.54) is 30.3 Å². The van der Waals surface area contributed by atoms with Crippen molar-refractivity contribution in [3.05, 3.63) is 47.2 Å². The Hall–Kier alpha value is -2.19. The van der Waals surface area contributed by atoms with Gasteiger partial charge in [0.15, 0.2) is 11.6 Å². The van der Waals surface area contributed by atoms with Crippen molar-refractivity contribution in [3.63, 3.8) is 0 Å². The summed E-state index contributed by atoms with van der Waals surface area (Å²) in [5, 5.41) is 7.81. The van der Waals surface area contributed by atoms with Crippen LogP contribution in [-0.2, 0) is 10.0 Å². The number of hydrogen-bond acceptors (Lipinski definition) is 5. The average Bonchev–Trinajstić information content (AvgIpc) is 2.84. The Kier molecular flexibility index (Phi) is 3.50. The molecule has 3 aromatic rings. The Balaban J connectivity index is 2.07. The van der Waals surface area contributed by atoms with Crippen LogP contribution in [0.2, 0.25) is 5.02 Å². The van der Waals surface area contributed by atoms with Crippen LogP contribution in [0.15, 0.2) is 36.4 Å². The molecule has 0 amide bonds. The van der Waals surface area contributed by atoms with Gasteiger partial charge in [-0.2, -0.15) is 0 Å². The van der Waals surface area contributed by atoms with Crippen molar-refractivity contribution in [3.8, 4) is 11.5 Å². The molecule has 0 aliphatic heterocycles. The topological polar surface area (TPSA) is 74.1 Å². The van der Waals surface area contributed by atoms with Crippen molar-refractivity contribution in [2.75, 3.05) is 6.26 Å². The fraction of sp³-hybridized carbons (Fsp3) is 0.0769. The van der Waals surface area contributed by atoms with E-state index in [-0.39, 0.29) is 27.6 Å². The molecule has 1 heterocycles. The summed E-state index contributed by atoms with van der Waals surface area (Å²) in [4.78, 5) is 0. The molecule has 6 nitrogen and oxygen atoms in total.